The van der Waals surface area contributed by atoms with Gasteiger partial charge in [0.15, 0.2) is 5.60 Å². The van der Waals surface area contributed by atoms with Crippen LogP contribution < -0.4 is 0 Å². The van der Waals surface area contributed by atoms with Crippen LogP contribution in [0.5, 0.6) is 0 Å². The lowest BCUT2D eigenvalue weighted by Crippen LogP contribution is -2.80. The molecule has 0 amide bonds. The summed E-state index contributed by atoms with van der Waals surface area (Å²) in [6, 6.07) is 8.30. The first kappa shape index (κ1) is 30.3. The topological polar surface area (TPSA) is 133 Å². The smallest absolute Gasteiger partial charge is 0.338 e. The van der Waals surface area contributed by atoms with Gasteiger partial charge in [-0.25, -0.2) is 4.79 Å². The first-order valence-corrected chi connectivity index (χ1v) is 15.4. The molecule has 1 aromatic carbocycles. The molecule has 14 atom stereocenters. The second kappa shape index (κ2) is 10.1. The number of carbonyl (C=O) groups excluding carboxylic acids is 2. The van der Waals surface area contributed by atoms with E-state index in [1.54, 1.807) is 51.7 Å². The minimum Gasteiger partial charge on any atom is -0.455 e. The minimum absolute atomic E-state index is 0.129. The number of carbonyl (C=O) groups is 2. The molecule has 2 N–H and O–H groups in total. The van der Waals surface area contributed by atoms with Crippen LogP contribution in [0.1, 0.15) is 23.7 Å². The molecule has 240 valence electrons. The second-order valence-electron chi connectivity index (χ2n) is 13.8. The van der Waals surface area contributed by atoms with Crippen molar-refractivity contribution in [1.29, 1.82) is 0 Å². The number of fused-ring (bicyclic) bond motifs is 2. The Morgan fingerprint density at radius 3 is 2.36 bits per heavy atom. The lowest BCUT2D eigenvalue weighted by Gasteiger charge is -2.67. The third-order valence-corrected chi connectivity index (χ3v) is 12.3. The molecule has 5 fully saturated rings. The zero-order valence-corrected chi connectivity index (χ0v) is 26.0. The number of hydrogen-bond acceptors (Lipinski definition) is 11. The van der Waals surface area contributed by atoms with Crippen LogP contribution in [-0.2, 0) is 33.2 Å². The van der Waals surface area contributed by atoms with Crippen molar-refractivity contribution >= 4 is 11.9 Å². The number of aliphatic hydroxyl groups is 2. The Kier molecular flexibility index (Phi) is 6.92. The molecule has 0 radical (unpaired) electrons. The standard InChI is InChI=1S/C33H43NO10/c1-17(35)44-33-21-19(14-31(38,28(42-6)26(33)36)27(21)43-29(37)18-10-8-7-9-11-18)32-20(40-4)12-13-30(16-39-3)15-34(2)25(32)22(33)23(41-5)24(30)32/h7-13,19-28,36,38H,14-16H2,1-6H3/t19-,20+,21-,22+,23+,24-,25?,26+,27-,28+,30+,31-,32+,33-/m1/s1. The number of benzene rings is 1. The third-order valence-electron chi connectivity index (χ3n) is 12.3. The number of aliphatic hydroxyl groups excluding tert-OH is 1. The van der Waals surface area contributed by atoms with Gasteiger partial charge >= 0.3 is 11.9 Å². The summed E-state index contributed by atoms with van der Waals surface area (Å²) in [6.07, 6.45) is -0.321. The van der Waals surface area contributed by atoms with E-state index in [0.29, 0.717) is 18.7 Å². The van der Waals surface area contributed by atoms with Crippen LogP contribution in [0.4, 0.5) is 0 Å². The number of piperidine rings is 1. The highest BCUT2D eigenvalue weighted by molar-refractivity contribution is 5.89. The molecule has 11 nitrogen and oxygen atoms in total. The highest BCUT2D eigenvalue weighted by Crippen LogP contribution is 2.79. The number of likely N-dealkylation sites (tertiary alicyclic amines) is 1. The average Bonchev–Trinajstić information content (AvgIpc) is 3.39. The van der Waals surface area contributed by atoms with Crippen molar-refractivity contribution in [3.8, 4) is 0 Å². The van der Waals surface area contributed by atoms with Gasteiger partial charge in [-0.05, 0) is 31.5 Å². The summed E-state index contributed by atoms with van der Waals surface area (Å²) in [5, 5.41) is 25.1. The summed E-state index contributed by atoms with van der Waals surface area (Å²) in [5.74, 6) is -3.20. The Morgan fingerprint density at radius 2 is 1.75 bits per heavy atom. The van der Waals surface area contributed by atoms with E-state index in [1.165, 1.54) is 14.0 Å². The van der Waals surface area contributed by atoms with Crippen molar-refractivity contribution in [2.75, 3.05) is 48.6 Å². The molecule has 1 aromatic rings. The molecule has 44 heavy (non-hydrogen) atoms. The largest absolute Gasteiger partial charge is 0.455 e. The van der Waals surface area contributed by atoms with Crippen LogP contribution in [0.2, 0.25) is 0 Å². The number of esters is 2. The van der Waals surface area contributed by atoms with E-state index in [-0.39, 0.29) is 18.4 Å². The van der Waals surface area contributed by atoms with E-state index in [2.05, 4.69) is 17.1 Å². The highest BCUT2D eigenvalue weighted by atomic mass is 16.6. The molecule has 7 bridgehead atoms. The number of methoxy groups -OCH3 is 4. The fraction of sp³-hybridized carbons (Fsp3) is 0.697. The van der Waals surface area contributed by atoms with Crippen LogP contribution >= 0.6 is 0 Å². The molecular weight excluding hydrogens is 570 g/mol. The Labute approximate surface area is 257 Å². The number of nitrogens with zero attached hydrogens (tertiary/aromatic N) is 1. The van der Waals surface area contributed by atoms with Crippen molar-refractivity contribution in [3.05, 3.63) is 48.0 Å². The van der Waals surface area contributed by atoms with Gasteiger partial charge in [0.25, 0.3) is 0 Å². The van der Waals surface area contributed by atoms with E-state index in [1.807, 2.05) is 7.05 Å². The van der Waals surface area contributed by atoms with Crippen molar-refractivity contribution in [3.63, 3.8) is 0 Å². The summed E-state index contributed by atoms with van der Waals surface area (Å²) < 4.78 is 37.3. The maximum absolute atomic E-state index is 13.7. The lowest BCUT2D eigenvalue weighted by atomic mass is 9.44. The number of hydrogen-bond donors (Lipinski definition) is 2. The molecule has 4 saturated carbocycles. The predicted molar refractivity (Wildman–Crippen MR) is 154 cm³/mol. The summed E-state index contributed by atoms with van der Waals surface area (Å²) in [5.41, 5.74) is -4.26. The summed E-state index contributed by atoms with van der Waals surface area (Å²) in [6.45, 7) is 2.38. The van der Waals surface area contributed by atoms with Gasteiger partial charge in [-0.1, -0.05) is 30.4 Å². The third kappa shape index (κ3) is 3.36. The quantitative estimate of drug-likeness (QED) is 0.322. The molecule has 1 saturated heterocycles. The first-order valence-electron chi connectivity index (χ1n) is 15.4. The molecule has 1 aliphatic heterocycles. The van der Waals surface area contributed by atoms with Gasteiger partial charge < -0.3 is 43.5 Å². The number of rotatable bonds is 8. The lowest BCUT2D eigenvalue weighted by molar-refractivity contribution is -0.312. The number of ether oxygens (including phenoxy) is 6. The second-order valence-corrected chi connectivity index (χ2v) is 13.8. The van der Waals surface area contributed by atoms with Gasteiger partial charge in [0.05, 0.1) is 24.4 Å². The van der Waals surface area contributed by atoms with Crippen molar-refractivity contribution in [1.82, 2.24) is 4.90 Å². The van der Waals surface area contributed by atoms with Crippen LogP contribution in [-0.4, -0.2) is 123 Å². The normalized spacial score (nSPS) is 49.5. The molecule has 6 aliphatic rings. The molecule has 0 aromatic heterocycles. The molecule has 5 aliphatic carbocycles. The van der Waals surface area contributed by atoms with Gasteiger partial charge in [0, 0.05) is 76.5 Å². The van der Waals surface area contributed by atoms with Gasteiger partial charge in [0.1, 0.15) is 23.9 Å². The summed E-state index contributed by atoms with van der Waals surface area (Å²) in [7, 11) is 8.47. The van der Waals surface area contributed by atoms with Crippen molar-refractivity contribution in [2.45, 2.75) is 61.1 Å². The Morgan fingerprint density at radius 1 is 1.02 bits per heavy atom. The molecule has 1 unspecified atom stereocenters. The maximum atomic E-state index is 13.7. The highest BCUT2D eigenvalue weighted by Gasteiger charge is 2.91. The monoisotopic (exact) mass is 613 g/mol. The van der Waals surface area contributed by atoms with Crippen LogP contribution in [0.25, 0.3) is 0 Å². The molecule has 1 spiro atoms. The van der Waals surface area contributed by atoms with E-state index >= 15 is 0 Å². The van der Waals surface area contributed by atoms with E-state index in [4.69, 9.17) is 28.4 Å². The van der Waals surface area contributed by atoms with Crippen LogP contribution in [0.15, 0.2) is 42.5 Å². The predicted octanol–water partition coefficient (Wildman–Crippen LogP) is 1.06. The fourth-order valence-corrected chi connectivity index (χ4v) is 11.7. The van der Waals surface area contributed by atoms with Crippen LogP contribution in [0, 0.1) is 34.5 Å². The van der Waals surface area contributed by atoms with E-state index in [9.17, 15) is 19.8 Å². The van der Waals surface area contributed by atoms with Crippen molar-refractivity contribution < 1.29 is 48.2 Å². The fourth-order valence-electron chi connectivity index (χ4n) is 11.7. The maximum Gasteiger partial charge on any atom is 0.338 e. The Hall–Kier alpha value is -2.38. The van der Waals surface area contributed by atoms with Gasteiger partial charge in [0.2, 0.25) is 0 Å². The van der Waals surface area contributed by atoms with Gasteiger partial charge in [-0.2, -0.15) is 0 Å². The Bertz CT molecular complexity index is 1360. The van der Waals surface area contributed by atoms with E-state index in [0.717, 1.165) is 0 Å². The molecule has 11 heteroatoms. The molecule has 1 heterocycles. The summed E-state index contributed by atoms with van der Waals surface area (Å²) >= 11 is 0. The zero-order valence-electron chi connectivity index (χ0n) is 26.0. The SMILES string of the molecule is COC[C@@]12C=C[C@H](OC)[C@]34C([C@H]([C@H](OC)[C@H]13)[C@]1(OC(C)=O)[C@H]3[C@@H](OC(=O)c5ccccc5)[C@](O)(C[C@H]34)[C@@H](OC)[C@@H]1O)N(C)C2. The van der Waals surface area contributed by atoms with Gasteiger partial charge in [-0.3, -0.25) is 4.79 Å². The zero-order chi connectivity index (χ0) is 31.4. The van der Waals surface area contributed by atoms with Crippen molar-refractivity contribution in [2.24, 2.45) is 34.5 Å². The van der Waals surface area contributed by atoms with Gasteiger partial charge in [-0.15, -0.1) is 0 Å². The first-order chi connectivity index (χ1) is 21.0. The molecule has 7 rings (SSSR count). The average molecular weight is 614 g/mol. The Balaban J connectivity index is 1.51. The summed E-state index contributed by atoms with van der Waals surface area (Å²) in [4.78, 5) is 29.1. The molecular formula is C33H43NO10. The minimum atomic E-state index is -1.78. The van der Waals surface area contributed by atoms with E-state index < -0.39 is 82.2 Å². The van der Waals surface area contributed by atoms with Crippen LogP contribution in [0.3, 0.4) is 0 Å².